The van der Waals surface area contributed by atoms with Crippen molar-refractivity contribution < 1.29 is 22.7 Å². The van der Waals surface area contributed by atoms with Crippen molar-refractivity contribution in [3.05, 3.63) is 77.9 Å². The Bertz CT molecular complexity index is 1390. The zero-order valence-corrected chi connectivity index (χ0v) is 21.4. The van der Waals surface area contributed by atoms with Gasteiger partial charge in [-0.2, -0.15) is 18.4 Å². The number of amides is 1. The quantitative estimate of drug-likeness (QED) is 0.339. The van der Waals surface area contributed by atoms with Crippen molar-refractivity contribution in [1.29, 1.82) is 5.26 Å². The smallest absolute Gasteiger partial charge is 0.417 e. The Kier molecular flexibility index (Phi) is 6.74. The maximum atomic E-state index is 13.5. The van der Waals surface area contributed by atoms with Gasteiger partial charge in [-0.15, -0.1) is 0 Å². The molecule has 0 spiro atoms. The van der Waals surface area contributed by atoms with Crippen LogP contribution in [0, 0.1) is 11.3 Å². The second-order valence-electron chi connectivity index (χ2n) is 9.39. The summed E-state index contributed by atoms with van der Waals surface area (Å²) in [6, 6.07) is 19.8. The van der Waals surface area contributed by atoms with Crippen LogP contribution >= 0.6 is 12.2 Å². The van der Waals surface area contributed by atoms with Crippen molar-refractivity contribution in [1.82, 2.24) is 0 Å². The zero-order valence-electron chi connectivity index (χ0n) is 20.6. The number of ether oxygens (including phenoxy) is 1. The maximum Gasteiger partial charge on any atom is 0.417 e. The summed E-state index contributed by atoms with van der Waals surface area (Å²) in [5.74, 6) is 0.301. The minimum atomic E-state index is -4.75. The van der Waals surface area contributed by atoms with E-state index in [0.29, 0.717) is 5.69 Å². The molecule has 0 aliphatic carbocycles. The fraction of sp³-hybridized carbons (Fsp3) is 0.250. The van der Waals surface area contributed by atoms with E-state index in [1.165, 1.54) is 6.07 Å². The van der Waals surface area contributed by atoms with Crippen molar-refractivity contribution >= 4 is 34.6 Å². The lowest BCUT2D eigenvalue weighted by molar-refractivity contribution is -0.137. The molecule has 0 N–H and O–H groups in total. The second kappa shape index (κ2) is 9.52. The first kappa shape index (κ1) is 26.2. The molecule has 1 saturated heterocycles. The van der Waals surface area contributed by atoms with E-state index in [-0.39, 0.29) is 16.9 Å². The molecule has 3 aromatic rings. The summed E-state index contributed by atoms with van der Waals surface area (Å²) in [5, 5.41) is 9.15. The molecule has 9 heteroatoms. The van der Waals surface area contributed by atoms with Crippen molar-refractivity contribution in [3.8, 4) is 22.9 Å². The molecule has 1 aliphatic heterocycles. The Labute approximate surface area is 218 Å². The summed E-state index contributed by atoms with van der Waals surface area (Å²) in [6.45, 7) is 7.24. The van der Waals surface area contributed by atoms with Crippen LogP contribution in [0.1, 0.15) is 38.8 Å². The average Bonchev–Trinajstić information content (AvgIpc) is 3.02. The minimum Gasteiger partial charge on any atom is -0.491 e. The van der Waals surface area contributed by atoms with E-state index >= 15 is 0 Å². The summed E-state index contributed by atoms with van der Waals surface area (Å²) in [7, 11) is 0. The third-order valence-corrected chi connectivity index (χ3v) is 6.41. The number of thiocarbonyl (C=S) groups is 1. The van der Waals surface area contributed by atoms with Crippen LogP contribution in [-0.2, 0) is 11.0 Å². The number of alkyl halides is 3. The molecule has 0 aromatic heterocycles. The van der Waals surface area contributed by atoms with E-state index in [1.54, 1.807) is 24.8 Å². The number of nitriles is 1. The number of hydrogen-bond acceptors (Lipinski definition) is 4. The molecule has 37 heavy (non-hydrogen) atoms. The largest absolute Gasteiger partial charge is 0.491 e. The van der Waals surface area contributed by atoms with Gasteiger partial charge in [-0.1, -0.05) is 24.3 Å². The number of rotatable bonds is 5. The SMILES string of the molecule is CC(C)Oc1ccc(-c2ccc(N3C(=S)N(c4ccc(C#N)c(C(F)(F)F)c4)C(=O)C3(C)C)cc2)cc1. The lowest BCUT2D eigenvalue weighted by Gasteiger charge is -2.29. The second-order valence-corrected chi connectivity index (χ2v) is 9.76. The molecule has 1 amide bonds. The highest BCUT2D eigenvalue weighted by molar-refractivity contribution is 7.81. The molecule has 0 atom stereocenters. The standard InChI is InChI=1S/C28H24F3N3O2S/c1-17(2)36-23-13-8-19(9-14-23)18-5-10-21(11-6-18)34-26(37)33(25(35)27(34,3)4)22-12-7-20(16-32)24(15-22)28(29,30)31/h5-15,17H,1-4H3. The first-order valence-electron chi connectivity index (χ1n) is 11.5. The molecule has 0 saturated carbocycles. The van der Waals surface area contributed by atoms with Crippen LogP contribution < -0.4 is 14.5 Å². The van der Waals surface area contributed by atoms with Crippen LogP contribution in [0.5, 0.6) is 5.75 Å². The Morgan fingerprint density at radius 3 is 2.00 bits per heavy atom. The number of anilines is 2. The monoisotopic (exact) mass is 523 g/mol. The molecule has 1 fully saturated rings. The van der Waals surface area contributed by atoms with Gasteiger partial charge in [-0.05, 0) is 93.5 Å². The van der Waals surface area contributed by atoms with Gasteiger partial charge in [0.25, 0.3) is 5.91 Å². The third-order valence-electron chi connectivity index (χ3n) is 6.04. The molecule has 3 aromatic carbocycles. The first-order chi connectivity index (χ1) is 17.3. The highest BCUT2D eigenvalue weighted by atomic mass is 32.1. The highest BCUT2D eigenvalue weighted by Gasteiger charge is 2.50. The number of nitrogens with zero attached hydrogens (tertiary/aromatic N) is 3. The van der Waals surface area contributed by atoms with Crippen molar-refractivity contribution in [2.45, 2.75) is 45.5 Å². The zero-order chi connectivity index (χ0) is 27.1. The summed E-state index contributed by atoms with van der Waals surface area (Å²) >= 11 is 5.60. The predicted octanol–water partition coefficient (Wildman–Crippen LogP) is 6.95. The summed E-state index contributed by atoms with van der Waals surface area (Å²) < 4.78 is 46.3. The van der Waals surface area contributed by atoms with Crippen molar-refractivity contribution in [2.24, 2.45) is 0 Å². The van der Waals surface area contributed by atoms with Gasteiger partial charge >= 0.3 is 6.18 Å². The normalized spacial score (nSPS) is 15.3. The van der Waals surface area contributed by atoms with Crippen LogP contribution in [-0.4, -0.2) is 22.7 Å². The van der Waals surface area contributed by atoms with Crippen LogP contribution in [0.25, 0.3) is 11.1 Å². The molecule has 4 rings (SSSR count). The molecule has 0 unspecified atom stereocenters. The topological polar surface area (TPSA) is 56.6 Å². The average molecular weight is 524 g/mol. The van der Waals surface area contributed by atoms with E-state index in [0.717, 1.165) is 33.9 Å². The van der Waals surface area contributed by atoms with E-state index in [9.17, 15) is 18.0 Å². The van der Waals surface area contributed by atoms with Gasteiger partial charge in [-0.25, -0.2) is 0 Å². The van der Waals surface area contributed by atoms with Gasteiger partial charge in [0.1, 0.15) is 11.3 Å². The van der Waals surface area contributed by atoms with Gasteiger partial charge in [0.2, 0.25) is 0 Å². The number of carbonyl (C=O) groups is 1. The van der Waals surface area contributed by atoms with Crippen LogP contribution in [0.15, 0.2) is 66.7 Å². The van der Waals surface area contributed by atoms with Crippen LogP contribution in [0.2, 0.25) is 0 Å². The molecular formula is C28H24F3N3O2S. The molecule has 0 bridgehead atoms. The fourth-order valence-electron chi connectivity index (χ4n) is 4.26. The highest BCUT2D eigenvalue weighted by Crippen LogP contribution is 2.40. The number of benzene rings is 3. The van der Waals surface area contributed by atoms with Gasteiger partial charge < -0.3 is 9.64 Å². The minimum absolute atomic E-state index is 0.0442. The van der Waals surface area contributed by atoms with Gasteiger partial charge in [0, 0.05) is 5.69 Å². The number of hydrogen-bond donors (Lipinski definition) is 0. The third kappa shape index (κ3) is 4.89. The molecule has 5 nitrogen and oxygen atoms in total. The number of carbonyl (C=O) groups excluding carboxylic acids is 1. The Morgan fingerprint density at radius 1 is 0.946 bits per heavy atom. The van der Waals surface area contributed by atoms with E-state index < -0.39 is 28.7 Å². The molecule has 1 heterocycles. The van der Waals surface area contributed by atoms with Crippen LogP contribution in [0.4, 0.5) is 24.5 Å². The van der Waals surface area contributed by atoms with Crippen LogP contribution in [0.3, 0.4) is 0 Å². The number of halogens is 3. The predicted molar refractivity (Wildman–Crippen MR) is 140 cm³/mol. The van der Waals surface area contributed by atoms with Crippen molar-refractivity contribution in [2.75, 3.05) is 9.80 Å². The van der Waals surface area contributed by atoms with E-state index in [1.807, 2.05) is 62.4 Å². The maximum absolute atomic E-state index is 13.5. The van der Waals surface area contributed by atoms with Gasteiger partial charge in [0.15, 0.2) is 5.11 Å². The Morgan fingerprint density at radius 2 is 1.49 bits per heavy atom. The Balaban J connectivity index is 1.65. The molecular weight excluding hydrogens is 499 g/mol. The lowest BCUT2D eigenvalue weighted by atomic mass is 10.0. The van der Waals surface area contributed by atoms with Gasteiger partial charge in [-0.3, -0.25) is 9.69 Å². The first-order valence-corrected chi connectivity index (χ1v) is 11.9. The van der Waals surface area contributed by atoms with E-state index in [4.69, 9.17) is 22.2 Å². The summed E-state index contributed by atoms with van der Waals surface area (Å²) in [6.07, 6.45) is -4.68. The molecule has 0 radical (unpaired) electrons. The molecule has 1 aliphatic rings. The Hall–Kier alpha value is -3.90. The van der Waals surface area contributed by atoms with Gasteiger partial charge in [0.05, 0.1) is 29.0 Å². The lowest BCUT2D eigenvalue weighted by Crippen LogP contribution is -2.44. The summed E-state index contributed by atoms with van der Waals surface area (Å²) in [4.78, 5) is 16.1. The summed E-state index contributed by atoms with van der Waals surface area (Å²) in [5.41, 5.74) is -0.302. The fourth-order valence-corrected chi connectivity index (χ4v) is 4.78. The van der Waals surface area contributed by atoms with Crippen molar-refractivity contribution in [3.63, 3.8) is 0 Å². The molecule has 190 valence electrons. The van der Waals surface area contributed by atoms with E-state index in [2.05, 4.69) is 0 Å².